The number of aromatic hydroxyl groups is 6. The highest BCUT2D eigenvalue weighted by Gasteiger charge is 2.34. The molecule has 0 amide bonds. The number of benzene rings is 7. The molecule has 0 aliphatic carbocycles. The van der Waals surface area contributed by atoms with Gasteiger partial charge in [-0.2, -0.15) is 35.3 Å². The van der Waals surface area contributed by atoms with Crippen LogP contribution in [0.2, 0.25) is 0 Å². The molecule has 0 spiro atoms. The number of hydrogen-bond acceptors (Lipinski definition) is 18. The van der Waals surface area contributed by atoms with E-state index < -0.39 is 36.0 Å². The number of ether oxygens (including phenoxy) is 3. The van der Waals surface area contributed by atoms with Crippen molar-refractivity contribution >= 4 is 53.2 Å². The van der Waals surface area contributed by atoms with Crippen LogP contribution in [0, 0.1) is 41.5 Å². The molecule has 0 saturated heterocycles. The summed E-state index contributed by atoms with van der Waals surface area (Å²) in [5.41, 5.74) is 14.1. The van der Waals surface area contributed by atoms with E-state index in [0.29, 0.717) is 84.0 Å². The molecule has 0 radical (unpaired) electrons. The van der Waals surface area contributed by atoms with Gasteiger partial charge in [-0.1, -0.05) is 124 Å². The molecule has 7 aromatic carbocycles. The first-order chi connectivity index (χ1) is 43.1. The molecule has 18 heteroatoms. The number of aryl methyl sites for hydroxylation is 6. The van der Waals surface area contributed by atoms with Gasteiger partial charge < -0.3 is 44.8 Å². The summed E-state index contributed by atoms with van der Waals surface area (Å²) in [5.74, 6) is 0.508. The molecule has 0 fully saturated rings. The lowest BCUT2D eigenvalue weighted by atomic mass is 9.93. The van der Waals surface area contributed by atoms with Gasteiger partial charge in [-0.05, 0) is 91.6 Å². The highest BCUT2D eigenvalue weighted by molar-refractivity contribution is 7.99. The number of nitrogens with zero attached hydrogens (tertiary/aromatic N) is 3. The lowest BCUT2D eigenvalue weighted by Crippen LogP contribution is -2.43. The maximum atomic E-state index is 14.5. The van der Waals surface area contributed by atoms with E-state index in [-0.39, 0.29) is 110 Å². The monoisotopic (exact) mass is 1280 g/mol. The van der Waals surface area contributed by atoms with E-state index >= 15 is 0 Å². The van der Waals surface area contributed by atoms with Gasteiger partial charge in [0.1, 0.15) is 52.6 Å². The molecule has 0 aromatic heterocycles. The lowest BCUT2D eigenvalue weighted by molar-refractivity contribution is -0.147. The quantitative estimate of drug-likeness (QED) is 0.0718. The molecule has 3 heterocycles. The normalized spacial score (nSPS) is 20.1. The Morgan fingerprint density at radius 2 is 0.500 bits per heavy atom. The van der Waals surface area contributed by atoms with E-state index in [1.165, 1.54) is 21.3 Å². The number of hydrogen-bond donors (Lipinski definition) is 6. The van der Waals surface area contributed by atoms with Gasteiger partial charge in [0.2, 0.25) is 0 Å². The molecule has 3 aliphatic heterocycles. The van der Waals surface area contributed by atoms with Crippen LogP contribution in [0.3, 0.4) is 0 Å². The van der Waals surface area contributed by atoms with Gasteiger partial charge in [-0.25, -0.2) is 0 Å². The van der Waals surface area contributed by atoms with E-state index in [1.807, 2.05) is 129 Å². The van der Waals surface area contributed by atoms with Crippen molar-refractivity contribution in [1.29, 1.82) is 0 Å². The fourth-order valence-corrected chi connectivity index (χ4v) is 16.5. The average Bonchev–Trinajstić information content (AvgIpc) is 0.901. The molecule has 474 valence electrons. The fraction of sp³-hybridized carbons (Fsp3) is 0.375. The zero-order valence-corrected chi connectivity index (χ0v) is 55.1. The maximum Gasteiger partial charge on any atom is 0.323 e. The van der Waals surface area contributed by atoms with Crippen LogP contribution in [-0.4, -0.2) is 120 Å². The van der Waals surface area contributed by atoms with Crippen molar-refractivity contribution in [3.63, 3.8) is 0 Å². The average molecular weight is 1280 g/mol. The summed E-state index contributed by atoms with van der Waals surface area (Å²) in [5, 5.41) is 75.5. The molecule has 10 rings (SSSR count). The van der Waals surface area contributed by atoms with Crippen LogP contribution >= 0.6 is 35.3 Å². The summed E-state index contributed by atoms with van der Waals surface area (Å²) in [6.07, 6.45) is 0.336. The van der Waals surface area contributed by atoms with Crippen LogP contribution in [0.5, 0.6) is 34.5 Å². The Bertz CT molecular complexity index is 3310. The predicted octanol–water partition coefficient (Wildman–Crippen LogP) is 11.9. The first-order valence-electron chi connectivity index (χ1n) is 30.2. The molecule has 3 atom stereocenters. The van der Waals surface area contributed by atoms with Crippen molar-refractivity contribution in [3.8, 4) is 34.5 Å². The number of carbonyl (C=O) groups is 3. The summed E-state index contributed by atoms with van der Waals surface area (Å²) in [6.45, 7) is 11.9. The first kappa shape index (κ1) is 65.6. The van der Waals surface area contributed by atoms with Gasteiger partial charge in [-0.15, -0.1) is 0 Å². The Hall–Kier alpha value is -7.32. The smallest absolute Gasteiger partial charge is 0.323 e. The minimum absolute atomic E-state index is 0.0248. The van der Waals surface area contributed by atoms with Crippen LogP contribution in [0.25, 0.3) is 0 Å². The molecule has 3 unspecified atom stereocenters. The number of esters is 3. The van der Waals surface area contributed by atoms with E-state index in [4.69, 9.17) is 14.2 Å². The summed E-state index contributed by atoms with van der Waals surface area (Å²) in [7, 11) is 4.08. The van der Waals surface area contributed by atoms with Crippen molar-refractivity contribution in [3.05, 3.63) is 208 Å². The van der Waals surface area contributed by atoms with Gasteiger partial charge >= 0.3 is 17.9 Å². The van der Waals surface area contributed by atoms with Gasteiger partial charge in [0.15, 0.2) is 0 Å². The highest BCUT2D eigenvalue weighted by atomic mass is 32.2. The number of phenols is 6. The van der Waals surface area contributed by atoms with E-state index in [1.54, 1.807) is 35.3 Å². The Labute approximate surface area is 540 Å². The molecule has 3 aliphatic rings. The standard InChI is InChI=1S/C72H81N3O12S3/c1-40-10-49-25-50-11-41(2)17-57(65(50)77)30-74-31-58-19-44(5)14-53(68(58)80)27-54-15-45(6)21-60(69(54)81)33-75-32-59-20-43(4)13-52(67(59)79)26-51-12-42(3)18-56(66(51)78)29-73(28-55(16-40)64(49)76)61(70(82)85-7)37-88-34-46-22-47(35-89-38-62(74)71(83)86-8)24-48(23-46)36-90-39-63(75)72(84)87-9/h10-24,61-63,76-81H,25-39H2,1-9H3. The zero-order chi connectivity index (χ0) is 64.2. The Kier molecular flexibility index (Phi) is 20.8. The first-order valence-corrected chi connectivity index (χ1v) is 33.7. The molecule has 15 nitrogen and oxygen atoms in total. The largest absolute Gasteiger partial charge is 0.507 e. The van der Waals surface area contributed by atoms with Crippen LogP contribution in [0.1, 0.15) is 117 Å². The Morgan fingerprint density at radius 3 is 0.678 bits per heavy atom. The molecule has 6 N–H and O–H groups in total. The summed E-state index contributed by atoms with van der Waals surface area (Å²) < 4.78 is 16.8. The van der Waals surface area contributed by atoms with Gasteiger partial charge in [0, 0.05) is 126 Å². The van der Waals surface area contributed by atoms with Crippen LogP contribution in [-0.2, 0) is 104 Å². The lowest BCUT2D eigenvalue weighted by Gasteiger charge is -2.32. The van der Waals surface area contributed by atoms with Crippen molar-refractivity contribution in [2.45, 2.75) is 135 Å². The fourth-order valence-electron chi connectivity index (χ4n) is 13.2. The van der Waals surface area contributed by atoms with Crippen LogP contribution in [0.4, 0.5) is 0 Å². The summed E-state index contributed by atoms with van der Waals surface area (Å²) in [4.78, 5) is 49.2. The minimum Gasteiger partial charge on any atom is -0.507 e. The molecule has 18 bridgehead atoms. The maximum absolute atomic E-state index is 14.5. The summed E-state index contributed by atoms with van der Waals surface area (Å²) >= 11 is 4.64. The molecule has 90 heavy (non-hydrogen) atoms. The second kappa shape index (κ2) is 28.5. The van der Waals surface area contributed by atoms with Crippen molar-refractivity contribution in [1.82, 2.24) is 14.7 Å². The third-order valence-electron chi connectivity index (χ3n) is 17.3. The Morgan fingerprint density at radius 1 is 0.322 bits per heavy atom. The molecule has 7 aromatic rings. The Balaban J connectivity index is 1.26. The van der Waals surface area contributed by atoms with E-state index in [9.17, 15) is 45.0 Å². The van der Waals surface area contributed by atoms with Crippen molar-refractivity contribution in [2.24, 2.45) is 0 Å². The topological polar surface area (TPSA) is 210 Å². The minimum atomic E-state index is -0.894. The third kappa shape index (κ3) is 15.0. The molecule has 0 saturated carbocycles. The highest BCUT2D eigenvalue weighted by Crippen LogP contribution is 2.41. The summed E-state index contributed by atoms with van der Waals surface area (Å²) in [6, 6.07) is 26.4. The second-order valence-electron chi connectivity index (χ2n) is 24.7. The molecular formula is C72H81N3O12S3. The van der Waals surface area contributed by atoms with Crippen molar-refractivity contribution in [2.75, 3.05) is 38.6 Å². The SMILES string of the molecule is COC(=O)C1CSCc2cc3cc(c2)CSCC(C(=O)OC)N2Cc4cc(C)cc(c4O)Cc4cc(C)cc(c4O)CN1Cc1cc(C)cc(c1O)Cc1cc(C)cc(c1O)CN(Cc1cc(C)cc(c1O)Cc1cc(C)cc(c1O)C2)C(C(=O)OC)CSC3. The zero-order valence-electron chi connectivity index (χ0n) is 52.7. The second-order valence-corrected chi connectivity index (χ2v) is 27.7. The van der Waals surface area contributed by atoms with Crippen LogP contribution < -0.4 is 0 Å². The van der Waals surface area contributed by atoms with E-state index in [0.717, 1.165) is 50.1 Å². The number of thioether (sulfide) groups is 3. The van der Waals surface area contributed by atoms with Gasteiger partial charge in [0.25, 0.3) is 0 Å². The number of methoxy groups -OCH3 is 3. The number of phenolic OH excluding ortho intramolecular Hbond substituents is 6. The number of rotatable bonds is 3. The van der Waals surface area contributed by atoms with E-state index in [2.05, 4.69) is 18.2 Å². The number of carbonyl (C=O) groups excluding carboxylic acids is 3. The number of fused-ring (bicyclic) bond motifs is 24. The van der Waals surface area contributed by atoms with Gasteiger partial charge in [0.05, 0.1) is 21.3 Å². The molecular weight excluding hydrogens is 1200 g/mol. The van der Waals surface area contributed by atoms with Crippen molar-refractivity contribution < 1.29 is 59.2 Å². The van der Waals surface area contributed by atoms with Crippen LogP contribution in [0.15, 0.2) is 91.0 Å². The third-order valence-corrected chi connectivity index (χ3v) is 20.6. The van der Waals surface area contributed by atoms with Gasteiger partial charge in [-0.3, -0.25) is 29.1 Å². The predicted molar refractivity (Wildman–Crippen MR) is 356 cm³/mol.